The molecule has 0 unspecified atom stereocenters. The first-order chi connectivity index (χ1) is 7.17. The van der Waals surface area contributed by atoms with Crippen molar-refractivity contribution in [3.8, 4) is 0 Å². The number of nitrogens with one attached hydrogen (secondary N) is 1. The second kappa shape index (κ2) is 4.97. The number of nitrogens with zero attached hydrogens (tertiary/aromatic N) is 1. The normalized spacial score (nSPS) is 18.6. The van der Waals surface area contributed by atoms with Crippen LogP contribution in [0.4, 0.5) is 0 Å². The summed E-state index contributed by atoms with van der Waals surface area (Å²) in [5.41, 5.74) is 4.71. The molecule has 1 aliphatic rings. The lowest BCUT2D eigenvalue weighted by molar-refractivity contribution is -0.124. The third kappa shape index (κ3) is 2.59. The van der Waals surface area contributed by atoms with Crippen LogP contribution in [-0.4, -0.2) is 37.2 Å². The van der Waals surface area contributed by atoms with Gasteiger partial charge in [0.1, 0.15) is 5.41 Å². The van der Waals surface area contributed by atoms with Gasteiger partial charge in [-0.2, -0.15) is 0 Å². The number of amidine groups is 1. The van der Waals surface area contributed by atoms with Gasteiger partial charge in [-0.3, -0.25) is 4.79 Å². The van der Waals surface area contributed by atoms with E-state index in [-0.39, 0.29) is 11.7 Å². The minimum atomic E-state index is -0.748. The van der Waals surface area contributed by atoms with E-state index >= 15 is 0 Å². The molecule has 0 bridgehead atoms. The number of ether oxygens (including phenoxy) is 1. The molecule has 86 valence electrons. The molecule has 6 heteroatoms. The lowest BCUT2D eigenvalue weighted by Crippen LogP contribution is -2.41. The number of nitrogens with two attached hydrogens (primary N) is 1. The van der Waals surface area contributed by atoms with Crippen LogP contribution in [0.3, 0.4) is 0 Å². The summed E-state index contributed by atoms with van der Waals surface area (Å²) < 4.78 is 4.85. The fourth-order valence-corrected chi connectivity index (χ4v) is 1.41. The van der Waals surface area contributed by atoms with E-state index in [0.29, 0.717) is 26.0 Å². The first-order valence-electron chi connectivity index (χ1n) is 4.92. The number of carbonyl (C=O) groups excluding carboxylic acids is 1. The fourth-order valence-electron chi connectivity index (χ4n) is 1.41. The maximum Gasteiger partial charge on any atom is 0.233 e. The molecule has 6 nitrogen and oxygen atoms in total. The van der Waals surface area contributed by atoms with Crippen molar-refractivity contribution in [1.29, 1.82) is 0 Å². The van der Waals surface area contributed by atoms with Gasteiger partial charge in [0.25, 0.3) is 0 Å². The molecule has 4 N–H and O–H groups in total. The van der Waals surface area contributed by atoms with Crippen molar-refractivity contribution in [3.63, 3.8) is 0 Å². The van der Waals surface area contributed by atoms with E-state index in [1.54, 1.807) is 7.11 Å². The van der Waals surface area contributed by atoms with Crippen LogP contribution in [0.5, 0.6) is 0 Å². The molecule has 1 aliphatic carbocycles. The first kappa shape index (κ1) is 11.8. The Labute approximate surface area is 88.5 Å². The predicted octanol–water partition coefficient (Wildman–Crippen LogP) is -0.334. The molecule has 1 amide bonds. The van der Waals surface area contributed by atoms with E-state index in [1.165, 1.54) is 0 Å². The van der Waals surface area contributed by atoms with E-state index in [0.717, 1.165) is 6.42 Å². The van der Waals surface area contributed by atoms with Gasteiger partial charge in [-0.1, -0.05) is 5.16 Å². The van der Waals surface area contributed by atoms with Crippen LogP contribution in [0.2, 0.25) is 0 Å². The van der Waals surface area contributed by atoms with Crippen LogP contribution in [0.25, 0.3) is 0 Å². The molecule has 0 aromatic carbocycles. The largest absolute Gasteiger partial charge is 0.409 e. The molecular formula is C9H17N3O3. The number of rotatable bonds is 6. The van der Waals surface area contributed by atoms with Gasteiger partial charge in [0.2, 0.25) is 5.91 Å². The molecule has 1 rings (SSSR count). The minimum absolute atomic E-state index is 0.00624. The lowest BCUT2D eigenvalue weighted by Gasteiger charge is -2.13. The molecule has 0 aromatic rings. The van der Waals surface area contributed by atoms with E-state index in [2.05, 4.69) is 10.5 Å². The Bertz CT molecular complexity index is 261. The van der Waals surface area contributed by atoms with Crippen LogP contribution in [-0.2, 0) is 9.53 Å². The number of oxime groups is 1. The third-order valence-corrected chi connectivity index (χ3v) is 2.59. The number of methoxy groups -OCH3 is 1. The second-order valence-corrected chi connectivity index (χ2v) is 3.67. The molecular weight excluding hydrogens is 198 g/mol. The number of hydrogen-bond donors (Lipinski definition) is 3. The number of amides is 1. The zero-order chi connectivity index (χ0) is 11.3. The van der Waals surface area contributed by atoms with Gasteiger partial charge in [-0.15, -0.1) is 0 Å². The maximum absolute atomic E-state index is 11.7. The highest BCUT2D eigenvalue weighted by Gasteiger charge is 2.53. The molecule has 0 saturated heterocycles. The van der Waals surface area contributed by atoms with Crippen LogP contribution in [0.15, 0.2) is 5.16 Å². The van der Waals surface area contributed by atoms with Crippen molar-refractivity contribution in [2.24, 2.45) is 16.3 Å². The Hall–Kier alpha value is -1.30. The Morgan fingerprint density at radius 2 is 2.33 bits per heavy atom. The van der Waals surface area contributed by atoms with Crippen LogP contribution in [0.1, 0.15) is 19.3 Å². The Balaban J connectivity index is 2.34. The summed E-state index contributed by atoms with van der Waals surface area (Å²) in [6, 6.07) is 0. The maximum atomic E-state index is 11.7. The molecule has 0 spiro atoms. The highest BCUT2D eigenvalue weighted by atomic mass is 16.5. The summed E-state index contributed by atoms with van der Waals surface area (Å²) in [5, 5.41) is 14.2. The Morgan fingerprint density at radius 1 is 1.67 bits per heavy atom. The molecule has 0 aliphatic heterocycles. The minimum Gasteiger partial charge on any atom is -0.409 e. The molecule has 0 radical (unpaired) electrons. The SMILES string of the molecule is COCCCNC(=O)C1(C(N)=NO)CC1. The highest BCUT2D eigenvalue weighted by molar-refractivity contribution is 6.09. The predicted molar refractivity (Wildman–Crippen MR) is 54.6 cm³/mol. The summed E-state index contributed by atoms with van der Waals surface area (Å²) in [6.07, 6.45) is 2.06. The number of hydrogen-bond acceptors (Lipinski definition) is 4. The summed E-state index contributed by atoms with van der Waals surface area (Å²) >= 11 is 0. The third-order valence-electron chi connectivity index (χ3n) is 2.59. The molecule has 0 aromatic heterocycles. The number of carbonyl (C=O) groups is 1. The zero-order valence-corrected chi connectivity index (χ0v) is 8.82. The summed E-state index contributed by atoms with van der Waals surface area (Å²) in [4.78, 5) is 11.7. The van der Waals surface area contributed by atoms with Crippen LogP contribution < -0.4 is 11.1 Å². The van der Waals surface area contributed by atoms with Crippen molar-refractivity contribution >= 4 is 11.7 Å². The average Bonchev–Trinajstić information content (AvgIpc) is 3.04. The average molecular weight is 215 g/mol. The molecule has 1 fully saturated rings. The monoisotopic (exact) mass is 215 g/mol. The zero-order valence-electron chi connectivity index (χ0n) is 8.82. The fraction of sp³-hybridized carbons (Fsp3) is 0.778. The van der Waals surface area contributed by atoms with Gasteiger partial charge in [0, 0.05) is 20.3 Å². The van der Waals surface area contributed by atoms with Gasteiger partial charge >= 0.3 is 0 Å². The van der Waals surface area contributed by atoms with Crippen molar-refractivity contribution in [3.05, 3.63) is 0 Å². The second-order valence-electron chi connectivity index (χ2n) is 3.67. The smallest absolute Gasteiger partial charge is 0.233 e. The summed E-state index contributed by atoms with van der Waals surface area (Å²) in [5.74, 6) is -0.152. The van der Waals surface area contributed by atoms with Gasteiger partial charge in [0.05, 0.1) is 0 Å². The van der Waals surface area contributed by atoms with Crippen molar-refractivity contribution in [2.75, 3.05) is 20.3 Å². The van der Waals surface area contributed by atoms with Crippen LogP contribution >= 0.6 is 0 Å². The van der Waals surface area contributed by atoms with Gasteiger partial charge in [-0.25, -0.2) is 0 Å². The molecule has 0 heterocycles. The lowest BCUT2D eigenvalue weighted by atomic mass is 10.1. The van der Waals surface area contributed by atoms with Crippen molar-refractivity contribution in [2.45, 2.75) is 19.3 Å². The van der Waals surface area contributed by atoms with Gasteiger partial charge < -0.3 is 21.0 Å². The van der Waals surface area contributed by atoms with Crippen LogP contribution in [0, 0.1) is 5.41 Å². The van der Waals surface area contributed by atoms with E-state index in [1.807, 2.05) is 0 Å². The first-order valence-corrected chi connectivity index (χ1v) is 4.92. The topological polar surface area (TPSA) is 96.9 Å². The van der Waals surface area contributed by atoms with E-state index < -0.39 is 5.41 Å². The standard InChI is InChI=1S/C9H17N3O3/c1-15-6-2-5-11-8(13)9(3-4-9)7(10)12-14/h14H,2-6H2,1H3,(H2,10,12)(H,11,13). The van der Waals surface area contributed by atoms with E-state index in [9.17, 15) is 4.79 Å². The van der Waals surface area contributed by atoms with Gasteiger partial charge in [0.15, 0.2) is 5.84 Å². The summed E-state index contributed by atoms with van der Waals surface area (Å²) in [6.45, 7) is 1.16. The quantitative estimate of drug-likeness (QED) is 0.186. The molecule has 15 heavy (non-hydrogen) atoms. The van der Waals surface area contributed by atoms with E-state index in [4.69, 9.17) is 15.7 Å². The highest BCUT2D eigenvalue weighted by Crippen LogP contribution is 2.45. The Kier molecular flexibility index (Phi) is 3.90. The van der Waals surface area contributed by atoms with Crippen molar-refractivity contribution in [1.82, 2.24) is 5.32 Å². The molecule has 0 atom stereocenters. The molecule has 1 saturated carbocycles. The summed E-state index contributed by atoms with van der Waals surface area (Å²) in [7, 11) is 1.61. The van der Waals surface area contributed by atoms with Crippen molar-refractivity contribution < 1.29 is 14.7 Å². The van der Waals surface area contributed by atoms with Gasteiger partial charge in [-0.05, 0) is 19.3 Å². The Morgan fingerprint density at radius 3 is 2.80 bits per heavy atom.